The topological polar surface area (TPSA) is 56.2 Å². The number of aliphatic hydroxyl groups excluding tert-OH is 1. The summed E-state index contributed by atoms with van der Waals surface area (Å²) in [6, 6.07) is 2.76. The van der Waals surface area contributed by atoms with E-state index in [0.29, 0.717) is 19.8 Å². The molecule has 1 fully saturated rings. The van der Waals surface area contributed by atoms with Gasteiger partial charge in [0, 0.05) is 39.3 Å². The zero-order valence-electron chi connectivity index (χ0n) is 14.1. The number of hydrogen-bond donors (Lipinski definition) is 2. The second-order valence-corrected chi connectivity index (χ2v) is 10.7. The summed E-state index contributed by atoms with van der Waals surface area (Å²) in [7, 11) is 0.161. The van der Waals surface area contributed by atoms with E-state index in [1.807, 2.05) is 0 Å². The number of β-amino-alcohol motifs (C(OH)–C–C–N with tert-alkyl or cyclic N) is 1. The van der Waals surface area contributed by atoms with E-state index in [0.717, 1.165) is 50.7 Å². The molecule has 6 heteroatoms. The molecule has 126 valence electrons. The van der Waals surface area contributed by atoms with Crippen LogP contribution < -0.4 is 0 Å². The van der Waals surface area contributed by atoms with Gasteiger partial charge in [-0.3, -0.25) is 4.90 Å². The van der Waals surface area contributed by atoms with Crippen molar-refractivity contribution in [3.05, 3.63) is 0 Å². The third kappa shape index (κ3) is 7.72. The Kier molecular flexibility index (Phi) is 9.00. The summed E-state index contributed by atoms with van der Waals surface area (Å²) in [5.74, 6) is 0. The fourth-order valence-corrected chi connectivity index (χ4v) is 4.72. The van der Waals surface area contributed by atoms with Gasteiger partial charge in [-0.2, -0.15) is 0 Å². The quantitative estimate of drug-likeness (QED) is 0.464. The summed E-state index contributed by atoms with van der Waals surface area (Å²) in [4.78, 5) is 14.9. The SMILES string of the molecule is CC[Si](O)(CC)CCCOCC(O)CN1CCN(C)CC1. The Morgan fingerprint density at radius 2 is 1.76 bits per heavy atom. The molecule has 0 spiro atoms. The van der Waals surface area contributed by atoms with Crippen molar-refractivity contribution in [3.63, 3.8) is 0 Å². The van der Waals surface area contributed by atoms with Crippen LogP contribution in [0.2, 0.25) is 18.1 Å². The Labute approximate surface area is 131 Å². The molecular weight excluding hydrogens is 284 g/mol. The van der Waals surface area contributed by atoms with E-state index in [9.17, 15) is 9.90 Å². The second kappa shape index (κ2) is 9.92. The monoisotopic (exact) mass is 318 g/mol. The average molecular weight is 319 g/mol. The first kappa shape index (κ1) is 19.1. The summed E-state index contributed by atoms with van der Waals surface area (Å²) in [6.45, 7) is 10.1. The normalized spacial score (nSPS) is 19.9. The number of ether oxygens (including phenoxy) is 1. The first-order chi connectivity index (χ1) is 9.99. The van der Waals surface area contributed by atoms with Gasteiger partial charge in [0.2, 0.25) is 0 Å². The lowest BCUT2D eigenvalue weighted by molar-refractivity contribution is 0.00897. The molecule has 2 N–H and O–H groups in total. The van der Waals surface area contributed by atoms with Crippen LogP contribution in [0.25, 0.3) is 0 Å². The van der Waals surface area contributed by atoms with Gasteiger partial charge < -0.3 is 19.5 Å². The van der Waals surface area contributed by atoms with Gasteiger partial charge in [-0.1, -0.05) is 13.8 Å². The van der Waals surface area contributed by atoms with Crippen molar-refractivity contribution in [3.8, 4) is 0 Å². The highest BCUT2D eigenvalue weighted by molar-refractivity contribution is 6.72. The average Bonchev–Trinajstić information content (AvgIpc) is 2.49. The lowest BCUT2D eigenvalue weighted by Crippen LogP contribution is -2.47. The molecule has 0 amide bonds. The second-order valence-electron chi connectivity index (χ2n) is 6.37. The third-order valence-corrected chi connectivity index (χ3v) is 8.54. The molecule has 0 bridgehead atoms. The van der Waals surface area contributed by atoms with Gasteiger partial charge in [-0.05, 0) is 31.6 Å². The van der Waals surface area contributed by atoms with E-state index < -0.39 is 14.4 Å². The van der Waals surface area contributed by atoms with Gasteiger partial charge in [0.15, 0.2) is 8.32 Å². The molecule has 1 atom stereocenters. The van der Waals surface area contributed by atoms with Crippen molar-refractivity contribution < 1.29 is 14.6 Å². The van der Waals surface area contributed by atoms with Crippen LogP contribution in [0.4, 0.5) is 0 Å². The highest BCUT2D eigenvalue weighted by atomic mass is 28.4. The van der Waals surface area contributed by atoms with Gasteiger partial charge >= 0.3 is 0 Å². The molecule has 0 aromatic heterocycles. The van der Waals surface area contributed by atoms with E-state index in [1.165, 1.54) is 0 Å². The van der Waals surface area contributed by atoms with Crippen LogP contribution in [0, 0.1) is 0 Å². The summed E-state index contributed by atoms with van der Waals surface area (Å²) in [6.07, 6.45) is 0.507. The Hall–Kier alpha value is 0.0169. The van der Waals surface area contributed by atoms with E-state index in [4.69, 9.17) is 4.74 Å². The highest BCUT2D eigenvalue weighted by Gasteiger charge is 2.25. The Morgan fingerprint density at radius 3 is 2.33 bits per heavy atom. The van der Waals surface area contributed by atoms with Gasteiger partial charge in [0.1, 0.15) is 0 Å². The fourth-order valence-electron chi connectivity index (χ4n) is 2.71. The molecule has 1 aliphatic heterocycles. The standard InChI is InChI=1S/C15H34N2O3Si/c1-4-21(19,5-2)12-6-11-20-14-15(18)13-17-9-7-16(3)8-10-17/h15,18-19H,4-14H2,1-3H3. The van der Waals surface area contributed by atoms with E-state index >= 15 is 0 Å². The molecule has 0 radical (unpaired) electrons. The van der Waals surface area contributed by atoms with Crippen molar-refractivity contribution in [2.45, 2.75) is 44.5 Å². The molecular formula is C15H34N2O3Si. The predicted octanol–water partition coefficient (Wildman–Crippen LogP) is 0.979. The van der Waals surface area contributed by atoms with Gasteiger partial charge in [0.25, 0.3) is 0 Å². The van der Waals surface area contributed by atoms with Gasteiger partial charge in [-0.15, -0.1) is 0 Å². The van der Waals surface area contributed by atoms with Crippen LogP contribution in [0.15, 0.2) is 0 Å². The first-order valence-electron chi connectivity index (χ1n) is 8.38. The fraction of sp³-hybridized carbons (Fsp3) is 1.00. The van der Waals surface area contributed by atoms with Crippen molar-refractivity contribution in [1.29, 1.82) is 0 Å². The van der Waals surface area contributed by atoms with E-state index in [1.54, 1.807) is 0 Å². The molecule has 0 aromatic rings. The Bertz CT molecular complexity index is 270. The maximum atomic E-state index is 10.3. The Morgan fingerprint density at radius 1 is 1.14 bits per heavy atom. The van der Waals surface area contributed by atoms with Crippen LogP contribution >= 0.6 is 0 Å². The molecule has 0 saturated carbocycles. The highest BCUT2D eigenvalue weighted by Crippen LogP contribution is 2.18. The maximum absolute atomic E-state index is 10.3. The number of rotatable bonds is 10. The molecule has 1 rings (SSSR count). The summed E-state index contributed by atoms with van der Waals surface area (Å²) >= 11 is 0. The summed E-state index contributed by atoms with van der Waals surface area (Å²) in [5, 5.41) is 10.00. The van der Waals surface area contributed by atoms with Crippen LogP contribution in [0.5, 0.6) is 0 Å². The molecule has 5 nitrogen and oxygen atoms in total. The molecule has 1 heterocycles. The number of aliphatic hydroxyl groups is 1. The summed E-state index contributed by atoms with van der Waals surface area (Å²) < 4.78 is 5.57. The number of likely N-dealkylation sites (N-methyl/N-ethyl adjacent to an activating group) is 1. The zero-order chi connectivity index (χ0) is 15.7. The molecule has 21 heavy (non-hydrogen) atoms. The van der Waals surface area contributed by atoms with Crippen molar-refractivity contribution in [1.82, 2.24) is 9.80 Å². The van der Waals surface area contributed by atoms with Crippen molar-refractivity contribution in [2.75, 3.05) is 53.0 Å². The lowest BCUT2D eigenvalue weighted by Gasteiger charge is -2.33. The molecule has 1 saturated heterocycles. The van der Waals surface area contributed by atoms with Crippen LogP contribution in [0.3, 0.4) is 0 Å². The minimum Gasteiger partial charge on any atom is -0.432 e. The molecule has 0 aromatic carbocycles. The molecule has 0 aliphatic carbocycles. The van der Waals surface area contributed by atoms with E-state index in [-0.39, 0.29) is 0 Å². The third-order valence-electron chi connectivity index (χ3n) is 4.62. The first-order valence-corrected chi connectivity index (χ1v) is 10.9. The zero-order valence-corrected chi connectivity index (χ0v) is 15.1. The number of hydrogen-bond acceptors (Lipinski definition) is 5. The summed E-state index contributed by atoms with van der Waals surface area (Å²) in [5.41, 5.74) is 0. The van der Waals surface area contributed by atoms with Crippen LogP contribution in [-0.4, -0.2) is 87.1 Å². The predicted molar refractivity (Wildman–Crippen MR) is 89.1 cm³/mol. The maximum Gasteiger partial charge on any atom is 0.188 e. The minimum absolute atomic E-state index is 0.401. The van der Waals surface area contributed by atoms with Gasteiger partial charge in [0.05, 0.1) is 12.7 Å². The number of piperazine rings is 1. The van der Waals surface area contributed by atoms with Crippen LogP contribution in [0.1, 0.15) is 20.3 Å². The lowest BCUT2D eigenvalue weighted by atomic mass is 10.3. The van der Waals surface area contributed by atoms with Crippen LogP contribution in [-0.2, 0) is 4.74 Å². The molecule has 1 unspecified atom stereocenters. The number of nitrogens with zero attached hydrogens (tertiary/aromatic N) is 2. The largest absolute Gasteiger partial charge is 0.432 e. The van der Waals surface area contributed by atoms with E-state index in [2.05, 4.69) is 30.7 Å². The smallest absolute Gasteiger partial charge is 0.188 e. The van der Waals surface area contributed by atoms with Crippen molar-refractivity contribution in [2.24, 2.45) is 0 Å². The molecule has 1 aliphatic rings. The minimum atomic E-state index is -1.97. The Balaban J connectivity index is 2.04. The van der Waals surface area contributed by atoms with Crippen molar-refractivity contribution >= 4 is 8.32 Å². The van der Waals surface area contributed by atoms with Gasteiger partial charge in [-0.25, -0.2) is 0 Å².